The minimum absolute atomic E-state index is 0.142. The van der Waals surface area contributed by atoms with Gasteiger partial charge >= 0.3 is 0 Å². The molecule has 0 aliphatic carbocycles. The van der Waals surface area contributed by atoms with Crippen LogP contribution in [0, 0.1) is 0 Å². The second kappa shape index (κ2) is 7.61. The van der Waals surface area contributed by atoms with Gasteiger partial charge in [-0.2, -0.15) is 0 Å². The van der Waals surface area contributed by atoms with E-state index in [9.17, 15) is 9.90 Å². The average molecular weight is 305 g/mol. The molecule has 2 rings (SSSR count). The maximum Gasteiger partial charge on any atom is 0.251 e. The fourth-order valence-electron chi connectivity index (χ4n) is 2.66. The molecule has 1 aromatic carbocycles. The predicted octanol–water partition coefficient (Wildman–Crippen LogP) is 1.33. The molecule has 1 heterocycles. The Bertz CT molecular complexity index is 477. The number of nitrogens with one attached hydrogen (secondary N) is 1. The highest BCUT2D eigenvalue weighted by molar-refractivity contribution is 5.94. The van der Waals surface area contributed by atoms with Gasteiger partial charge in [0.15, 0.2) is 0 Å². The van der Waals surface area contributed by atoms with Gasteiger partial charge < -0.3 is 15.3 Å². The number of piperazine rings is 1. The summed E-state index contributed by atoms with van der Waals surface area (Å²) in [5, 5.41) is 11.9. The third-order valence-electron chi connectivity index (χ3n) is 4.10. The van der Waals surface area contributed by atoms with E-state index >= 15 is 0 Å². The van der Waals surface area contributed by atoms with Gasteiger partial charge in [0, 0.05) is 50.0 Å². The van der Waals surface area contributed by atoms with E-state index in [0.29, 0.717) is 11.6 Å². The van der Waals surface area contributed by atoms with Crippen molar-refractivity contribution in [3.63, 3.8) is 0 Å². The smallest absolute Gasteiger partial charge is 0.251 e. The first-order valence-electron chi connectivity index (χ1n) is 8.02. The number of nitrogens with zero attached hydrogens (tertiary/aromatic N) is 2. The van der Waals surface area contributed by atoms with Crippen molar-refractivity contribution in [1.29, 1.82) is 0 Å². The van der Waals surface area contributed by atoms with E-state index in [2.05, 4.69) is 29.0 Å². The molecule has 5 heteroatoms. The van der Waals surface area contributed by atoms with Gasteiger partial charge in [-0.1, -0.05) is 0 Å². The van der Waals surface area contributed by atoms with E-state index in [4.69, 9.17) is 0 Å². The monoisotopic (exact) mass is 305 g/mol. The Hall–Kier alpha value is -1.59. The van der Waals surface area contributed by atoms with Crippen LogP contribution in [-0.2, 0) is 0 Å². The van der Waals surface area contributed by atoms with Crippen LogP contribution in [0.5, 0.6) is 0 Å². The molecule has 0 aromatic heterocycles. The van der Waals surface area contributed by atoms with Crippen molar-refractivity contribution < 1.29 is 9.90 Å². The summed E-state index contributed by atoms with van der Waals surface area (Å²) in [6.45, 7) is 10.6. The molecule has 0 spiro atoms. The van der Waals surface area contributed by atoms with Crippen LogP contribution in [-0.4, -0.2) is 60.8 Å². The maximum atomic E-state index is 11.9. The summed E-state index contributed by atoms with van der Waals surface area (Å²) in [6, 6.07) is 8.30. The third kappa shape index (κ3) is 4.45. The van der Waals surface area contributed by atoms with Gasteiger partial charge in [-0.15, -0.1) is 0 Å². The number of hydrogen-bond acceptors (Lipinski definition) is 4. The Morgan fingerprint density at radius 3 is 2.23 bits per heavy atom. The molecule has 1 atom stereocenters. The van der Waals surface area contributed by atoms with Crippen molar-refractivity contribution in [2.24, 2.45) is 0 Å². The summed E-state index contributed by atoms with van der Waals surface area (Å²) in [5.74, 6) is -0.142. The molecular weight excluding hydrogens is 278 g/mol. The van der Waals surface area contributed by atoms with Gasteiger partial charge in [-0.05, 0) is 45.0 Å². The minimum atomic E-state index is -0.527. The van der Waals surface area contributed by atoms with Crippen LogP contribution in [0.2, 0.25) is 0 Å². The predicted molar refractivity (Wildman–Crippen MR) is 89.4 cm³/mol. The number of aliphatic hydroxyl groups excluding tert-OH is 1. The molecule has 5 nitrogen and oxygen atoms in total. The van der Waals surface area contributed by atoms with Crippen LogP contribution in [0.15, 0.2) is 24.3 Å². The third-order valence-corrected chi connectivity index (χ3v) is 4.10. The van der Waals surface area contributed by atoms with Crippen LogP contribution in [0.4, 0.5) is 5.69 Å². The standard InChI is InChI=1S/C17H27N3O2/c1-13(2)19-8-10-20(11-9-19)16-6-4-15(5-7-16)17(22)18-12-14(3)21/h4-7,13-14,21H,8-12H2,1-3H3,(H,18,22). The van der Waals surface area contributed by atoms with E-state index in [-0.39, 0.29) is 12.5 Å². The molecule has 1 unspecified atom stereocenters. The van der Waals surface area contributed by atoms with Crippen molar-refractivity contribution >= 4 is 11.6 Å². The van der Waals surface area contributed by atoms with Crippen LogP contribution in [0.1, 0.15) is 31.1 Å². The van der Waals surface area contributed by atoms with Crippen molar-refractivity contribution in [1.82, 2.24) is 10.2 Å². The fraction of sp³-hybridized carbons (Fsp3) is 0.588. The lowest BCUT2D eigenvalue weighted by Crippen LogP contribution is -2.48. The normalized spacial score (nSPS) is 17.6. The van der Waals surface area contributed by atoms with Gasteiger partial charge in [0.2, 0.25) is 0 Å². The molecule has 0 saturated carbocycles. The van der Waals surface area contributed by atoms with Crippen molar-refractivity contribution in [3.05, 3.63) is 29.8 Å². The molecule has 0 radical (unpaired) electrons. The first-order valence-corrected chi connectivity index (χ1v) is 8.02. The van der Waals surface area contributed by atoms with Gasteiger partial charge in [-0.3, -0.25) is 9.69 Å². The highest BCUT2D eigenvalue weighted by atomic mass is 16.3. The lowest BCUT2D eigenvalue weighted by molar-refractivity contribution is 0.0924. The molecule has 1 fully saturated rings. The summed E-state index contributed by atoms with van der Waals surface area (Å²) >= 11 is 0. The Morgan fingerprint density at radius 2 is 1.73 bits per heavy atom. The van der Waals surface area contributed by atoms with E-state index in [1.807, 2.05) is 24.3 Å². The van der Waals surface area contributed by atoms with Crippen molar-refractivity contribution in [2.45, 2.75) is 32.9 Å². The number of hydrogen-bond donors (Lipinski definition) is 2. The van der Waals surface area contributed by atoms with Crippen molar-refractivity contribution in [3.8, 4) is 0 Å². The van der Waals surface area contributed by atoms with Crippen LogP contribution in [0.25, 0.3) is 0 Å². The molecule has 1 aliphatic rings. The van der Waals surface area contributed by atoms with Crippen LogP contribution in [0.3, 0.4) is 0 Å². The molecule has 1 aromatic rings. The SMILES string of the molecule is CC(O)CNC(=O)c1ccc(N2CCN(C(C)C)CC2)cc1. The molecule has 2 N–H and O–H groups in total. The average Bonchev–Trinajstić information content (AvgIpc) is 2.53. The number of amides is 1. The molecule has 1 saturated heterocycles. The van der Waals surface area contributed by atoms with E-state index in [1.54, 1.807) is 6.92 Å². The lowest BCUT2D eigenvalue weighted by atomic mass is 10.1. The van der Waals surface area contributed by atoms with Crippen LogP contribution < -0.4 is 10.2 Å². The summed E-state index contributed by atoms with van der Waals surface area (Å²) < 4.78 is 0. The number of aliphatic hydroxyl groups is 1. The molecule has 22 heavy (non-hydrogen) atoms. The lowest BCUT2D eigenvalue weighted by Gasteiger charge is -2.38. The van der Waals surface area contributed by atoms with Crippen LogP contribution >= 0.6 is 0 Å². The molecular formula is C17H27N3O2. The van der Waals surface area contributed by atoms with Gasteiger partial charge in [0.05, 0.1) is 6.10 Å². The van der Waals surface area contributed by atoms with E-state index in [1.165, 1.54) is 0 Å². The second-order valence-electron chi connectivity index (χ2n) is 6.22. The highest BCUT2D eigenvalue weighted by Gasteiger charge is 2.19. The zero-order chi connectivity index (χ0) is 16.1. The number of rotatable bonds is 5. The minimum Gasteiger partial charge on any atom is -0.392 e. The molecule has 1 aliphatic heterocycles. The zero-order valence-corrected chi connectivity index (χ0v) is 13.7. The Morgan fingerprint density at radius 1 is 1.14 bits per heavy atom. The topological polar surface area (TPSA) is 55.8 Å². The summed E-state index contributed by atoms with van der Waals surface area (Å²) in [6.07, 6.45) is -0.527. The van der Waals surface area contributed by atoms with E-state index < -0.39 is 6.10 Å². The fourth-order valence-corrected chi connectivity index (χ4v) is 2.66. The van der Waals surface area contributed by atoms with Gasteiger partial charge in [0.25, 0.3) is 5.91 Å². The van der Waals surface area contributed by atoms with Crippen molar-refractivity contribution in [2.75, 3.05) is 37.6 Å². The Kier molecular flexibility index (Phi) is 5.80. The summed E-state index contributed by atoms with van der Waals surface area (Å²) in [7, 11) is 0. The number of carbonyl (C=O) groups is 1. The van der Waals surface area contributed by atoms with Gasteiger partial charge in [0.1, 0.15) is 0 Å². The molecule has 122 valence electrons. The number of anilines is 1. The van der Waals surface area contributed by atoms with Gasteiger partial charge in [-0.25, -0.2) is 0 Å². The maximum absolute atomic E-state index is 11.9. The quantitative estimate of drug-likeness (QED) is 0.862. The highest BCUT2D eigenvalue weighted by Crippen LogP contribution is 2.18. The zero-order valence-electron chi connectivity index (χ0n) is 13.7. The Balaban J connectivity index is 1.91. The first kappa shape index (κ1) is 16.8. The summed E-state index contributed by atoms with van der Waals surface area (Å²) in [4.78, 5) is 16.8. The number of benzene rings is 1. The second-order valence-corrected chi connectivity index (χ2v) is 6.22. The largest absolute Gasteiger partial charge is 0.392 e. The Labute approximate surface area is 132 Å². The summed E-state index contributed by atoms with van der Waals surface area (Å²) in [5.41, 5.74) is 1.79. The molecule has 0 bridgehead atoms. The van der Waals surface area contributed by atoms with E-state index in [0.717, 1.165) is 31.9 Å². The first-order chi connectivity index (χ1) is 10.5. The molecule has 1 amide bonds. The number of carbonyl (C=O) groups excluding carboxylic acids is 1.